The summed E-state index contributed by atoms with van der Waals surface area (Å²) in [5.41, 5.74) is 4.27. The molecule has 3 nitrogen and oxygen atoms in total. The molecule has 82 valence electrons. The van der Waals surface area contributed by atoms with Gasteiger partial charge in [-0.2, -0.15) is 0 Å². The quantitative estimate of drug-likeness (QED) is 0.360. The molecule has 1 aromatic carbocycles. The number of halogens is 3. The highest BCUT2D eigenvalue weighted by atomic mass is 127. The monoisotopic (exact) mass is 544 g/mol. The van der Waals surface area contributed by atoms with E-state index in [9.17, 15) is 4.79 Å². The molecule has 0 bridgehead atoms. The molecule has 0 atom stereocenters. The second kappa shape index (κ2) is 6.55. The van der Waals surface area contributed by atoms with Crippen LogP contribution in [0.4, 0.5) is 0 Å². The molecule has 1 aromatic rings. The average molecular weight is 544 g/mol. The van der Waals surface area contributed by atoms with Gasteiger partial charge in [0.15, 0.2) is 0 Å². The minimum Gasteiger partial charge on any atom is -0.456 e. The lowest BCUT2D eigenvalue weighted by Crippen LogP contribution is -2.52. The zero-order chi connectivity index (χ0) is 11.4. The van der Waals surface area contributed by atoms with Crippen molar-refractivity contribution in [3.63, 3.8) is 0 Å². The zero-order valence-corrected chi connectivity index (χ0v) is 14.2. The van der Waals surface area contributed by atoms with Crippen molar-refractivity contribution in [3.05, 3.63) is 28.4 Å². The molecule has 6 heteroatoms. The second-order valence-electron chi connectivity index (χ2n) is 2.74. The number of quaternary nitrogens is 1. The highest BCUT2D eigenvalue weighted by Gasteiger charge is 2.14. The van der Waals surface area contributed by atoms with Gasteiger partial charge in [-0.1, -0.05) is 0 Å². The molecule has 0 unspecified atom stereocenters. The fourth-order valence-corrected chi connectivity index (χ4v) is 3.32. The first-order chi connectivity index (χ1) is 7.06. The first kappa shape index (κ1) is 13.9. The van der Waals surface area contributed by atoms with Crippen molar-refractivity contribution in [2.24, 2.45) is 0 Å². The first-order valence-corrected chi connectivity index (χ1v) is 7.40. The highest BCUT2D eigenvalue weighted by Crippen LogP contribution is 2.23. The van der Waals surface area contributed by atoms with Gasteiger partial charge in [0.05, 0.1) is 5.56 Å². The van der Waals surface area contributed by atoms with Crippen LogP contribution >= 0.6 is 67.8 Å². The van der Waals surface area contributed by atoms with E-state index < -0.39 is 0 Å². The molecule has 0 spiro atoms. The van der Waals surface area contributed by atoms with E-state index in [4.69, 9.17) is 4.74 Å². The van der Waals surface area contributed by atoms with Crippen LogP contribution < -0.4 is 5.73 Å². The van der Waals surface area contributed by atoms with Gasteiger partial charge in [-0.15, -0.1) is 0 Å². The Hall–Kier alpha value is 0.840. The molecule has 3 N–H and O–H groups in total. The number of carbonyl (C=O) groups excluding carboxylic acids is 1. The van der Waals surface area contributed by atoms with Crippen LogP contribution in [0.2, 0.25) is 0 Å². The van der Waals surface area contributed by atoms with E-state index in [1.165, 1.54) is 0 Å². The van der Waals surface area contributed by atoms with Crippen LogP contribution in [0.1, 0.15) is 10.4 Å². The van der Waals surface area contributed by atoms with Gasteiger partial charge >= 0.3 is 5.97 Å². The summed E-state index contributed by atoms with van der Waals surface area (Å²) < 4.78 is 8.11. The van der Waals surface area contributed by atoms with Gasteiger partial charge in [0.1, 0.15) is 13.2 Å². The van der Waals surface area contributed by atoms with Gasteiger partial charge in [-0.05, 0) is 79.9 Å². The molecular formula is C9H9I3NO2+. The number of rotatable bonds is 3. The summed E-state index contributed by atoms with van der Waals surface area (Å²) >= 11 is 6.57. The predicted molar refractivity (Wildman–Crippen MR) is 82.6 cm³/mol. The lowest BCUT2D eigenvalue weighted by atomic mass is 10.2. The van der Waals surface area contributed by atoms with Crippen molar-refractivity contribution in [1.29, 1.82) is 0 Å². The van der Waals surface area contributed by atoms with Crippen molar-refractivity contribution < 1.29 is 15.3 Å². The Balaban J connectivity index is 2.98. The van der Waals surface area contributed by atoms with E-state index >= 15 is 0 Å². The van der Waals surface area contributed by atoms with E-state index in [-0.39, 0.29) is 5.97 Å². The molecule has 0 fully saturated rings. The molecule has 15 heavy (non-hydrogen) atoms. The van der Waals surface area contributed by atoms with Gasteiger partial charge in [0.25, 0.3) is 0 Å². The highest BCUT2D eigenvalue weighted by molar-refractivity contribution is 14.1. The van der Waals surface area contributed by atoms with Crippen LogP contribution in [0.15, 0.2) is 12.1 Å². The maximum Gasteiger partial charge on any atom is 0.339 e. The van der Waals surface area contributed by atoms with E-state index in [0.717, 1.165) is 10.7 Å². The molecule has 0 aromatic heterocycles. The van der Waals surface area contributed by atoms with Gasteiger partial charge in [-0.3, -0.25) is 0 Å². The summed E-state index contributed by atoms with van der Waals surface area (Å²) in [6.07, 6.45) is 0. The molecule has 0 saturated heterocycles. The van der Waals surface area contributed by atoms with Crippen molar-refractivity contribution in [1.82, 2.24) is 0 Å². The second-order valence-corrected chi connectivity index (χ2v) is 6.23. The fourth-order valence-electron chi connectivity index (χ4n) is 0.947. The Bertz CT molecular complexity index is 382. The van der Waals surface area contributed by atoms with E-state index in [2.05, 4.69) is 73.5 Å². The number of benzene rings is 1. The standard InChI is InChI=1S/C9H8I3NO2/c10-5-3-6(8(12)7(11)4-5)9(14)15-2-1-13/h3-4H,1-2,13H2/p+1. The van der Waals surface area contributed by atoms with Gasteiger partial charge in [-0.25, -0.2) is 4.79 Å². The van der Waals surface area contributed by atoms with Crippen molar-refractivity contribution >= 4 is 73.7 Å². The van der Waals surface area contributed by atoms with Crippen LogP contribution in [-0.2, 0) is 4.74 Å². The van der Waals surface area contributed by atoms with Gasteiger partial charge < -0.3 is 10.5 Å². The molecule has 0 aliphatic rings. The van der Waals surface area contributed by atoms with Crippen molar-refractivity contribution in [2.75, 3.05) is 13.2 Å². The fraction of sp³-hybridized carbons (Fsp3) is 0.222. The molecule has 0 aliphatic carbocycles. The minimum atomic E-state index is -0.264. The Morgan fingerprint density at radius 2 is 2.00 bits per heavy atom. The summed E-state index contributed by atoms with van der Waals surface area (Å²) in [7, 11) is 0. The third kappa shape index (κ3) is 3.97. The molecule has 0 radical (unpaired) electrons. The number of ether oxygens (including phenoxy) is 1. The Morgan fingerprint density at radius 3 is 2.60 bits per heavy atom. The van der Waals surface area contributed by atoms with Crippen LogP contribution in [0, 0.1) is 10.7 Å². The van der Waals surface area contributed by atoms with Crippen LogP contribution in [0.25, 0.3) is 0 Å². The number of esters is 1. The summed E-state index contributed by atoms with van der Waals surface area (Å²) in [4.78, 5) is 11.7. The van der Waals surface area contributed by atoms with Crippen LogP contribution in [0.3, 0.4) is 0 Å². The van der Waals surface area contributed by atoms with E-state index in [1.54, 1.807) is 0 Å². The lowest BCUT2D eigenvalue weighted by Gasteiger charge is -2.06. The molecule has 0 amide bonds. The topological polar surface area (TPSA) is 53.9 Å². The largest absolute Gasteiger partial charge is 0.456 e. The SMILES string of the molecule is [NH3+]CCOC(=O)c1cc(I)cc(I)c1I. The molecule has 0 saturated carbocycles. The third-order valence-corrected chi connectivity index (χ3v) is 5.26. The van der Waals surface area contributed by atoms with Crippen LogP contribution in [0.5, 0.6) is 0 Å². The summed E-state index contributed by atoms with van der Waals surface area (Å²) in [6.45, 7) is 0.973. The first-order valence-electron chi connectivity index (χ1n) is 4.17. The lowest BCUT2D eigenvalue weighted by molar-refractivity contribution is -0.371. The minimum absolute atomic E-state index is 0.264. The number of carbonyl (C=O) groups is 1. The Morgan fingerprint density at radius 1 is 1.33 bits per heavy atom. The maximum absolute atomic E-state index is 11.7. The van der Waals surface area contributed by atoms with Crippen molar-refractivity contribution in [2.45, 2.75) is 0 Å². The smallest absolute Gasteiger partial charge is 0.339 e. The molecule has 0 aliphatic heterocycles. The number of hydrogen-bond acceptors (Lipinski definition) is 2. The third-order valence-electron chi connectivity index (χ3n) is 1.59. The molecule has 1 rings (SSSR count). The van der Waals surface area contributed by atoms with Crippen molar-refractivity contribution in [3.8, 4) is 0 Å². The Labute approximate surface area is 129 Å². The predicted octanol–water partition coefficient (Wildman–Crippen LogP) is 1.90. The summed E-state index contributed by atoms with van der Waals surface area (Å²) in [5.74, 6) is -0.264. The average Bonchev–Trinajstić information content (AvgIpc) is 2.19. The van der Waals surface area contributed by atoms with Gasteiger partial charge in [0, 0.05) is 10.7 Å². The molecular weight excluding hydrogens is 535 g/mol. The Kier molecular flexibility index (Phi) is 6.07. The molecule has 0 heterocycles. The van der Waals surface area contributed by atoms with Gasteiger partial charge in [0.2, 0.25) is 0 Å². The van der Waals surface area contributed by atoms with E-state index in [0.29, 0.717) is 18.7 Å². The summed E-state index contributed by atoms with van der Waals surface area (Å²) in [6, 6.07) is 3.87. The number of hydrogen-bond donors (Lipinski definition) is 1. The van der Waals surface area contributed by atoms with Crippen LogP contribution in [-0.4, -0.2) is 19.1 Å². The summed E-state index contributed by atoms with van der Waals surface area (Å²) in [5, 5.41) is 0. The zero-order valence-electron chi connectivity index (χ0n) is 7.73. The van der Waals surface area contributed by atoms with E-state index in [1.807, 2.05) is 12.1 Å². The normalized spacial score (nSPS) is 10.1. The maximum atomic E-state index is 11.7.